The first kappa shape index (κ1) is 25.0. The summed E-state index contributed by atoms with van der Waals surface area (Å²) in [4.78, 5) is 20.2. The van der Waals surface area contributed by atoms with E-state index >= 15 is 0 Å². The number of methoxy groups -OCH3 is 2. The van der Waals surface area contributed by atoms with E-state index in [9.17, 15) is 4.79 Å². The standard InChI is InChI=1S/C23H21N3O4.2ClH/c1-28-20-9-16-12-25-11-15(18(16)10-21(20)29-2)8-17-7-6-14-4-3-5-19(23(14)26-17)30-13-22(24)27;;/h3-7,9-12H,8,13H2,1-2H3,(H2,24,27);2*1H. The largest absolute Gasteiger partial charge is 0.493 e. The van der Waals surface area contributed by atoms with Crippen LogP contribution in [-0.4, -0.2) is 36.7 Å². The second-order valence-corrected chi connectivity index (χ2v) is 6.79. The minimum absolute atomic E-state index is 0. The maximum atomic E-state index is 11.1. The van der Waals surface area contributed by atoms with Gasteiger partial charge in [0.05, 0.1) is 14.2 Å². The molecule has 0 saturated heterocycles. The summed E-state index contributed by atoms with van der Waals surface area (Å²) in [5.74, 6) is 1.31. The van der Waals surface area contributed by atoms with Crippen molar-refractivity contribution in [3.8, 4) is 17.2 Å². The average Bonchev–Trinajstić information content (AvgIpc) is 2.76. The van der Waals surface area contributed by atoms with Gasteiger partial charge in [0, 0.05) is 35.3 Å². The summed E-state index contributed by atoms with van der Waals surface area (Å²) in [5.41, 5.74) is 7.75. The number of amides is 1. The Morgan fingerprint density at radius 3 is 2.41 bits per heavy atom. The average molecular weight is 476 g/mol. The molecule has 0 aliphatic heterocycles. The van der Waals surface area contributed by atoms with Crippen LogP contribution in [0, 0.1) is 0 Å². The van der Waals surface area contributed by atoms with Crippen molar-refractivity contribution < 1.29 is 19.0 Å². The number of primary amides is 1. The first-order valence-corrected chi connectivity index (χ1v) is 9.37. The molecule has 168 valence electrons. The van der Waals surface area contributed by atoms with Crippen LogP contribution in [0.5, 0.6) is 17.2 Å². The fourth-order valence-electron chi connectivity index (χ4n) is 3.42. The summed E-state index contributed by atoms with van der Waals surface area (Å²) >= 11 is 0. The lowest BCUT2D eigenvalue weighted by molar-refractivity contribution is -0.119. The molecule has 32 heavy (non-hydrogen) atoms. The van der Waals surface area contributed by atoms with Gasteiger partial charge in [-0.1, -0.05) is 18.2 Å². The molecule has 7 nitrogen and oxygen atoms in total. The molecular formula is C23H23Cl2N3O4. The van der Waals surface area contributed by atoms with Crippen molar-refractivity contribution >= 4 is 52.4 Å². The summed E-state index contributed by atoms with van der Waals surface area (Å²) in [7, 11) is 3.22. The molecule has 0 spiro atoms. The number of hydrogen-bond acceptors (Lipinski definition) is 6. The van der Waals surface area contributed by atoms with Crippen molar-refractivity contribution in [1.29, 1.82) is 0 Å². The van der Waals surface area contributed by atoms with Crippen molar-refractivity contribution in [3.63, 3.8) is 0 Å². The molecular weight excluding hydrogens is 453 g/mol. The van der Waals surface area contributed by atoms with Gasteiger partial charge in [-0.05, 0) is 35.2 Å². The van der Waals surface area contributed by atoms with E-state index in [4.69, 9.17) is 24.9 Å². The van der Waals surface area contributed by atoms with Gasteiger partial charge in [0.1, 0.15) is 11.3 Å². The van der Waals surface area contributed by atoms with E-state index in [1.165, 1.54) is 0 Å². The molecule has 4 rings (SSSR count). The molecule has 1 amide bonds. The van der Waals surface area contributed by atoms with E-state index in [-0.39, 0.29) is 31.4 Å². The van der Waals surface area contributed by atoms with Gasteiger partial charge in [-0.2, -0.15) is 0 Å². The summed E-state index contributed by atoms with van der Waals surface area (Å²) in [6, 6.07) is 13.4. The van der Waals surface area contributed by atoms with E-state index in [2.05, 4.69) is 4.98 Å². The van der Waals surface area contributed by atoms with Crippen LogP contribution in [0.3, 0.4) is 0 Å². The number of pyridine rings is 2. The maximum absolute atomic E-state index is 11.1. The molecule has 2 N–H and O–H groups in total. The molecule has 9 heteroatoms. The Morgan fingerprint density at radius 2 is 1.69 bits per heavy atom. The Hall–Kier alpha value is -3.29. The van der Waals surface area contributed by atoms with Gasteiger partial charge in [0.15, 0.2) is 18.1 Å². The van der Waals surface area contributed by atoms with E-state index in [1.807, 2.05) is 42.6 Å². The topological polar surface area (TPSA) is 96.6 Å². The molecule has 0 fully saturated rings. The number of nitrogens with two attached hydrogens (primary N) is 1. The normalized spacial score (nSPS) is 10.2. The number of carbonyl (C=O) groups is 1. The fraction of sp³-hybridized carbons (Fsp3) is 0.174. The van der Waals surface area contributed by atoms with Crippen molar-refractivity contribution in [2.24, 2.45) is 5.73 Å². The third kappa shape index (κ3) is 5.12. The SMILES string of the molecule is COc1cc2cncc(Cc3ccc4cccc(OCC(N)=O)c4n3)c2cc1OC.Cl.Cl. The number of fused-ring (bicyclic) bond motifs is 2. The Balaban J connectivity index is 0.00000181. The zero-order valence-corrected chi connectivity index (χ0v) is 19.2. The number of carbonyl (C=O) groups excluding carboxylic acids is 1. The van der Waals surface area contributed by atoms with Crippen LogP contribution in [0.4, 0.5) is 0 Å². The van der Waals surface area contributed by atoms with E-state index < -0.39 is 5.91 Å². The highest BCUT2D eigenvalue weighted by atomic mass is 35.5. The summed E-state index contributed by atoms with van der Waals surface area (Å²) in [5, 5.41) is 2.89. The Bertz CT molecular complexity index is 1250. The van der Waals surface area contributed by atoms with Crippen LogP contribution in [0.25, 0.3) is 21.7 Å². The predicted molar refractivity (Wildman–Crippen MR) is 129 cm³/mol. The molecule has 0 atom stereocenters. The first-order chi connectivity index (χ1) is 14.6. The van der Waals surface area contributed by atoms with E-state index in [0.717, 1.165) is 27.4 Å². The zero-order valence-electron chi connectivity index (χ0n) is 17.5. The van der Waals surface area contributed by atoms with Crippen LogP contribution in [0.2, 0.25) is 0 Å². The third-order valence-corrected chi connectivity index (χ3v) is 4.83. The number of ether oxygens (including phenoxy) is 3. The van der Waals surface area contributed by atoms with Crippen LogP contribution in [0.15, 0.2) is 54.9 Å². The Labute approximate surface area is 197 Å². The van der Waals surface area contributed by atoms with Gasteiger partial charge in [-0.25, -0.2) is 4.98 Å². The van der Waals surface area contributed by atoms with Crippen LogP contribution < -0.4 is 19.9 Å². The van der Waals surface area contributed by atoms with Gasteiger partial charge >= 0.3 is 0 Å². The molecule has 0 aliphatic rings. The second-order valence-electron chi connectivity index (χ2n) is 6.79. The highest BCUT2D eigenvalue weighted by Crippen LogP contribution is 2.34. The van der Waals surface area contributed by atoms with Gasteiger partial charge < -0.3 is 19.9 Å². The number of hydrogen-bond donors (Lipinski definition) is 1. The monoisotopic (exact) mass is 475 g/mol. The quantitative estimate of drug-likeness (QED) is 0.432. The van der Waals surface area contributed by atoms with Crippen molar-refractivity contribution in [3.05, 3.63) is 66.1 Å². The molecule has 0 saturated carbocycles. The fourth-order valence-corrected chi connectivity index (χ4v) is 3.42. The number of benzene rings is 2. The number of halogens is 2. The molecule has 0 bridgehead atoms. The number of nitrogens with zero attached hydrogens (tertiary/aromatic N) is 2. The molecule has 2 aromatic heterocycles. The van der Waals surface area contributed by atoms with Crippen molar-refractivity contribution in [1.82, 2.24) is 9.97 Å². The van der Waals surface area contributed by atoms with E-state index in [0.29, 0.717) is 29.2 Å². The molecule has 2 heterocycles. The third-order valence-electron chi connectivity index (χ3n) is 4.83. The number of aromatic nitrogens is 2. The highest BCUT2D eigenvalue weighted by molar-refractivity contribution is 5.89. The molecule has 4 aromatic rings. The Morgan fingerprint density at radius 1 is 0.938 bits per heavy atom. The molecule has 0 radical (unpaired) electrons. The van der Waals surface area contributed by atoms with Gasteiger partial charge in [0.2, 0.25) is 0 Å². The highest BCUT2D eigenvalue weighted by Gasteiger charge is 2.12. The molecule has 0 aliphatic carbocycles. The van der Waals surface area contributed by atoms with Gasteiger partial charge in [-0.15, -0.1) is 24.8 Å². The smallest absolute Gasteiger partial charge is 0.255 e. The lowest BCUT2D eigenvalue weighted by atomic mass is 10.0. The first-order valence-electron chi connectivity index (χ1n) is 9.37. The van der Waals surface area contributed by atoms with Crippen LogP contribution in [-0.2, 0) is 11.2 Å². The van der Waals surface area contributed by atoms with Gasteiger partial charge in [0.25, 0.3) is 5.91 Å². The zero-order chi connectivity index (χ0) is 21.1. The minimum Gasteiger partial charge on any atom is -0.493 e. The van der Waals surface area contributed by atoms with Gasteiger partial charge in [-0.3, -0.25) is 9.78 Å². The van der Waals surface area contributed by atoms with E-state index in [1.54, 1.807) is 26.5 Å². The minimum atomic E-state index is -0.533. The number of para-hydroxylation sites is 1. The number of rotatable bonds is 7. The van der Waals surface area contributed by atoms with Crippen LogP contribution in [0.1, 0.15) is 11.3 Å². The Kier molecular flexibility index (Phi) is 8.46. The summed E-state index contributed by atoms with van der Waals surface area (Å²) in [6.07, 6.45) is 4.19. The second kappa shape index (κ2) is 10.8. The molecule has 2 aromatic carbocycles. The lowest BCUT2D eigenvalue weighted by Crippen LogP contribution is -2.20. The van der Waals surface area contributed by atoms with Crippen molar-refractivity contribution in [2.75, 3.05) is 20.8 Å². The van der Waals surface area contributed by atoms with Crippen molar-refractivity contribution in [2.45, 2.75) is 6.42 Å². The maximum Gasteiger partial charge on any atom is 0.255 e. The summed E-state index contributed by atoms with van der Waals surface area (Å²) in [6.45, 7) is -0.195. The lowest BCUT2D eigenvalue weighted by Gasteiger charge is -2.12. The predicted octanol–water partition coefficient (Wildman–Crippen LogP) is 4.10. The summed E-state index contributed by atoms with van der Waals surface area (Å²) < 4.78 is 16.4. The van der Waals surface area contributed by atoms with Crippen LogP contribution >= 0.6 is 24.8 Å². The molecule has 0 unspecified atom stereocenters.